The summed E-state index contributed by atoms with van der Waals surface area (Å²) in [4.78, 5) is 27.0. The van der Waals surface area contributed by atoms with E-state index in [-0.39, 0.29) is 18.2 Å². The maximum absolute atomic E-state index is 12.8. The SMILES string of the molecule is O=C(Nc1ccc2ccccc2c1)C1CC(=O)N(c2ccc3c(c2)OCCO3)C1. The number of amides is 2. The van der Waals surface area contributed by atoms with E-state index >= 15 is 0 Å². The largest absolute Gasteiger partial charge is 0.486 e. The normalized spacial score (nSPS) is 18.1. The number of hydrogen-bond acceptors (Lipinski definition) is 4. The molecule has 1 saturated heterocycles. The molecule has 0 aliphatic carbocycles. The highest BCUT2D eigenvalue weighted by Crippen LogP contribution is 2.36. The maximum Gasteiger partial charge on any atom is 0.229 e. The average molecular weight is 388 g/mol. The molecular formula is C23H20N2O4. The molecule has 2 aliphatic rings. The van der Waals surface area contributed by atoms with Crippen LogP contribution in [0.3, 0.4) is 0 Å². The van der Waals surface area contributed by atoms with E-state index in [0.29, 0.717) is 31.3 Å². The van der Waals surface area contributed by atoms with E-state index in [4.69, 9.17) is 9.47 Å². The van der Waals surface area contributed by atoms with Gasteiger partial charge >= 0.3 is 0 Å². The third kappa shape index (κ3) is 3.38. The fourth-order valence-electron chi connectivity index (χ4n) is 3.84. The quantitative estimate of drug-likeness (QED) is 0.744. The van der Waals surface area contributed by atoms with Crippen molar-refractivity contribution in [3.05, 3.63) is 60.7 Å². The molecule has 2 aliphatic heterocycles. The van der Waals surface area contributed by atoms with Crippen LogP contribution in [0.25, 0.3) is 10.8 Å². The number of rotatable bonds is 3. The van der Waals surface area contributed by atoms with Gasteiger partial charge in [-0.2, -0.15) is 0 Å². The Morgan fingerprint density at radius 1 is 0.931 bits per heavy atom. The lowest BCUT2D eigenvalue weighted by atomic mass is 10.1. The van der Waals surface area contributed by atoms with Gasteiger partial charge in [-0.25, -0.2) is 0 Å². The van der Waals surface area contributed by atoms with Crippen LogP contribution < -0.4 is 19.7 Å². The van der Waals surface area contributed by atoms with E-state index in [1.54, 1.807) is 17.0 Å². The van der Waals surface area contributed by atoms with Gasteiger partial charge in [0.05, 0.1) is 5.92 Å². The second-order valence-electron chi connectivity index (χ2n) is 7.28. The molecule has 1 unspecified atom stereocenters. The average Bonchev–Trinajstić information content (AvgIpc) is 3.15. The van der Waals surface area contributed by atoms with Crippen molar-refractivity contribution in [2.45, 2.75) is 6.42 Å². The van der Waals surface area contributed by atoms with E-state index < -0.39 is 5.92 Å². The van der Waals surface area contributed by atoms with Gasteiger partial charge in [-0.05, 0) is 35.0 Å². The van der Waals surface area contributed by atoms with Crippen molar-refractivity contribution in [2.75, 3.05) is 30.0 Å². The Hall–Kier alpha value is -3.54. The minimum atomic E-state index is -0.401. The Bertz CT molecular complexity index is 1110. The van der Waals surface area contributed by atoms with Crippen molar-refractivity contribution in [2.24, 2.45) is 5.92 Å². The molecule has 2 amide bonds. The van der Waals surface area contributed by atoms with Crippen LogP contribution in [0, 0.1) is 5.92 Å². The Kier molecular flexibility index (Phi) is 4.31. The highest BCUT2D eigenvalue weighted by atomic mass is 16.6. The number of fused-ring (bicyclic) bond motifs is 2. The smallest absolute Gasteiger partial charge is 0.229 e. The molecule has 3 aromatic rings. The van der Waals surface area contributed by atoms with Crippen molar-refractivity contribution in [3.8, 4) is 11.5 Å². The van der Waals surface area contributed by atoms with Crippen LogP contribution in [0.2, 0.25) is 0 Å². The summed E-state index contributed by atoms with van der Waals surface area (Å²) >= 11 is 0. The Balaban J connectivity index is 1.31. The Morgan fingerprint density at radius 2 is 1.72 bits per heavy atom. The summed E-state index contributed by atoms with van der Waals surface area (Å²) in [5, 5.41) is 5.13. The van der Waals surface area contributed by atoms with Gasteiger partial charge in [0.2, 0.25) is 11.8 Å². The van der Waals surface area contributed by atoms with Crippen molar-refractivity contribution in [1.29, 1.82) is 0 Å². The first kappa shape index (κ1) is 17.6. The van der Waals surface area contributed by atoms with Crippen LogP contribution in [-0.2, 0) is 9.59 Å². The number of carbonyl (C=O) groups is 2. The first-order valence-electron chi connectivity index (χ1n) is 9.67. The minimum absolute atomic E-state index is 0.0691. The second-order valence-corrected chi connectivity index (χ2v) is 7.28. The van der Waals surface area contributed by atoms with E-state index in [0.717, 1.165) is 22.1 Å². The Morgan fingerprint density at radius 3 is 2.59 bits per heavy atom. The van der Waals surface area contributed by atoms with E-state index in [1.807, 2.05) is 48.5 Å². The molecule has 0 radical (unpaired) electrons. The van der Waals surface area contributed by atoms with Crippen molar-refractivity contribution < 1.29 is 19.1 Å². The van der Waals surface area contributed by atoms with Crippen LogP contribution in [0.5, 0.6) is 11.5 Å². The third-order valence-corrected chi connectivity index (χ3v) is 5.35. The molecule has 5 rings (SSSR count). The highest BCUT2D eigenvalue weighted by Gasteiger charge is 2.35. The van der Waals surface area contributed by atoms with E-state index in [1.165, 1.54) is 0 Å². The third-order valence-electron chi connectivity index (χ3n) is 5.35. The number of hydrogen-bond donors (Lipinski definition) is 1. The summed E-state index contributed by atoms with van der Waals surface area (Å²) < 4.78 is 11.1. The first-order valence-corrected chi connectivity index (χ1v) is 9.67. The van der Waals surface area contributed by atoms with Crippen molar-refractivity contribution in [3.63, 3.8) is 0 Å². The van der Waals surface area contributed by atoms with Gasteiger partial charge in [0.1, 0.15) is 13.2 Å². The number of nitrogens with zero attached hydrogens (tertiary/aromatic N) is 1. The molecular weight excluding hydrogens is 368 g/mol. The molecule has 29 heavy (non-hydrogen) atoms. The van der Waals surface area contributed by atoms with Gasteiger partial charge in [0, 0.05) is 30.4 Å². The predicted octanol–water partition coefficient (Wildman–Crippen LogP) is 3.60. The van der Waals surface area contributed by atoms with Crippen LogP contribution in [0.15, 0.2) is 60.7 Å². The summed E-state index contributed by atoms with van der Waals surface area (Å²) in [5.74, 6) is 0.694. The molecule has 0 saturated carbocycles. The van der Waals surface area contributed by atoms with Gasteiger partial charge in [-0.3, -0.25) is 9.59 Å². The monoisotopic (exact) mass is 388 g/mol. The van der Waals surface area contributed by atoms with Crippen LogP contribution in [-0.4, -0.2) is 31.6 Å². The number of ether oxygens (including phenoxy) is 2. The lowest BCUT2D eigenvalue weighted by Crippen LogP contribution is -2.28. The molecule has 0 spiro atoms. The molecule has 6 heteroatoms. The number of benzene rings is 3. The number of carbonyl (C=O) groups excluding carboxylic acids is 2. The zero-order valence-electron chi connectivity index (χ0n) is 15.8. The lowest BCUT2D eigenvalue weighted by molar-refractivity contribution is -0.122. The zero-order chi connectivity index (χ0) is 19.8. The maximum atomic E-state index is 12.8. The van der Waals surface area contributed by atoms with Gasteiger partial charge in [0.15, 0.2) is 11.5 Å². The second kappa shape index (κ2) is 7.13. The summed E-state index contributed by atoms with van der Waals surface area (Å²) in [5.41, 5.74) is 1.46. The zero-order valence-corrected chi connectivity index (χ0v) is 15.8. The fraction of sp³-hybridized carbons (Fsp3) is 0.217. The van der Waals surface area contributed by atoms with Gasteiger partial charge < -0.3 is 19.7 Å². The van der Waals surface area contributed by atoms with Crippen LogP contribution in [0.1, 0.15) is 6.42 Å². The standard InChI is InChI=1S/C23H20N2O4/c26-22-12-17(14-25(22)19-7-8-20-21(13-19)29-10-9-28-20)23(27)24-18-6-5-15-3-1-2-4-16(15)11-18/h1-8,11,13,17H,9-10,12,14H2,(H,24,27). The molecule has 6 nitrogen and oxygen atoms in total. The van der Waals surface area contributed by atoms with Crippen molar-refractivity contribution in [1.82, 2.24) is 0 Å². The van der Waals surface area contributed by atoms with Gasteiger partial charge in [0.25, 0.3) is 0 Å². The van der Waals surface area contributed by atoms with Crippen LogP contribution >= 0.6 is 0 Å². The van der Waals surface area contributed by atoms with Crippen LogP contribution in [0.4, 0.5) is 11.4 Å². The topological polar surface area (TPSA) is 67.9 Å². The summed E-state index contributed by atoms with van der Waals surface area (Å²) in [6, 6.07) is 19.2. The minimum Gasteiger partial charge on any atom is -0.486 e. The molecule has 1 atom stereocenters. The molecule has 1 fully saturated rings. The lowest BCUT2D eigenvalue weighted by Gasteiger charge is -2.22. The molecule has 0 bridgehead atoms. The highest BCUT2D eigenvalue weighted by molar-refractivity contribution is 6.04. The molecule has 1 N–H and O–H groups in total. The molecule has 146 valence electrons. The van der Waals surface area contributed by atoms with E-state index in [9.17, 15) is 9.59 Å². The summed E-state index contributed by atoms with van der Waals surface area (Å²) in [6.45, 7) is 1.35. The van der Waals surface area contributed by atoms with E-state index in [2.05, 4.69) is 5.32 Å². The van der Waals surface area contributed by atoms with Gasteiger partial charge in [-0.15, -0.1) is 0 Å². The summed E-state index contributed by atoms with van der Waals surface area (Å²) in [6.07, 6.45) is 0.188. The molecule has 0 aromatic heterocycles. The van der Waals surface area contributed by atoms with Gasteiger partial charge in [-0.1, -0.05) is 30.3 Å². The Labute approximate surface area is 168 Å². The van der Waals surface area contributed by atoms with Crippen molar-refractivity contribution >= 4 is 34.0 Å². The molecule has 3 aromatic carbocycles. The molecule has 2 heterocycles. The summed E-state index contributed by atoms with van der Waals surface area (Å²) in [7, 11) is 0. The number of nitrogens with one attached hydrogen (secondary N) is 1. The number of anilines is 2. The predicted molar refractivity (Wildman–Crippen MR) is 110 cm³/mol. The first-order chi connectivity index (χ1) is 14.2. The fourth-order valence-corrected chi connectivity index (χ4v) is 3.84.